The van der Waals surface area contributed by atoms with Crippen LogP contribution in [0.2, 0.25) is 0 Å². The fourth-order valence-electron chi connectivity index (χ4n) is 3.10. The van der Waals surface area contributed by atoms with Gasteiger partial charge >= 0.3 is 11.9 Å². The molecule has 0 bridgehead atoms. The second kappa shape index (κ2) is 11.0. The minimum absolute atomic E-state index is 0.379. The molecule has 0 saturated heterocycles. The van der Waals surface area contributed by atoms with E-state index in [2.05, 4.69) is 63.7 Å². The van der Waals surface area contributed by atoms with Crippen molar-refractivity contribution in [2.24, 2.45) is 0 Å². The Balaban J connectivity index is 1.60. The van der Waals surface area contributed by atoms with E-state index in [4.69, 9.17) is 9.47 Å². The first-order valence-electron chi connectivity index (χ1n) is 9.86. The van der Waals surface area contributed by atoms with Crippen LogP contribution in [0.15, 0.2) is 103 Å². The number of hydrogen-bond donors (Lipinski definition) is 0. The zero-order chi connectivity index (χ0) is 24.2. The van der Waals surface area contributed by atoms with Gasteiger partial charge < -0.3 is 9.47 Å². The molecule has 34 heavy (non-hydrogen) atoms. The van der Waals surface area contributed by atoms with Gasteiger partial charge in [0.25, 0.3) is 0 Å². The quantitative estimate of drug-likeness (QED) is 0.154. The van der Waals surface area contributed by atoms with E-state index in [1.807, 2.05) is 36.4 Å². The second-order valence-electron chi connectivity index (χ2n) is 7.05. The predicted octanol–water partition coefficient (Wildman–Crippen LogP) is 8.84. The molecule has 0 atom stereocenters. The summed E-state index contributed by atoms with van der Waals surface area (Å²) in [5.41, 5.74) is 2.61. The molecule has 4 rings (SSSR count). The van der Waals surface area contributed by atoms with Gasteiger partial charge in [-0.05, 0) is 123 Å². The summed E-state index contributed by atoms with van der Waals surface area (Å²) in [6.45, 7) is 0. The van der Waals surface area contributed by atoms with Crippen molar-refractivity contribution in [3.63, 3.8) is 0 Å². The molecular weight excluding hydrogens is 696 g/mol. The lowest BCUT2D eigenvalue weighted by Gasteiger charge is -2.14. The van der Waals surface area contributed by atoms with Crippen molar-refractivity contribution < 1.29 is 19.1 Å². The normalized spacial score (nSPS) is 10.6. The van der Waals surface area contributed by atoms with Crippen LogP contribution in [0.4, 0.5) is 0 Å². The summed E-state index contributed by atoms with van der Waals surface area (Å²) in [5, 5.41) is 0. The first-order valence-corrected chi connectivity index (χ1v) is 13.0. The summed E-state index contributed by atoms with van der Waals surface area (Å²) in [4.78, 5) is 24.9. The number of halogens is 4. The Labute approximate surface area is 229 Å². The summed E-state index contributed by atoms with van der Waals surface area (Å²) < 4.78 is 13.6. The highest BCUT2D eigenvalue weighted by atomic mass is 79.9. The molecule has 0 aliphatic carbocycles. The third-order valence-corrected chi connectivity index (χ3v) is 7.09. The van der Waals surface area contributed by atoms with Crippen LogP contribution >= 0.6 is 63.7 Å². The molecule has 4 aromatic rings. The number of hydrogen-bond acceptors (Lipinski definition) is 4. The highest BCUT2D eigenvalue weighted by molar-refractivity contribution is 9.11. The van der Waals surface area contributed by atoms with Gasteiger partial charge in [-0.25, -0.2) is 9.59 Å². The van der Waals surface area contributed by atoms with Crippen molar-refractivity contribution in [2.75, 3.05) is 0 Å². The summed E-state index contributed by atoms with van der Waals surface area (Å²) >= 11 is 14.0. The molecule has 0 spiro atoms. The fourth-order valence-corrected chi connectivity index (χ4v) is 5.80. The molecule has 4 nitrogen and oxygen atoms in total. The number of carbonyl (C=O) groups is 2. The number of rotatable bonds is 5. The first kappa shape index (κ1) is 24.9. The van der Waals surface area contributed by atoms with Gasteiger partial charge in [-0.1, -0.05) is 36.4 Å². The monoisotopic (exact) mass is 706 g/mol. The van der Waals surface area contributed by atoms with Crippen LogP contribution in [0.25, 0.3) is 11.1 Å². The van der Waals surface area contributed by atoms with E-state index in [0.717, 1.165) is 11.1 Å². The molecule has 0 radical (unpaired) electrons. The average Bonchev–Trinajstić information content (AvgIpc) is 2.84. The summed E-state index contributed by atoms with van der Waals surface area (Å²) in [7, 11) is 0. The van der Waals surface area contributed by atoms with Crippen LogP contribution in [0, 0.1) is 0 Å². The maximum absolute atomic E-state index is 12.5. The largest absolute Gasteiger partial charge is 0.421 e. The summed E-state index contributed by atoms with van der Waals surface area (Å²) in [6.07, 6.45) is 0. The Morgan fingerprint density at radius 2 is 0.794 bits per heavy atom. The number of carbonyl (C=O) groups excluding carboxylic acids is 2. The van der Waals surface area contributed by atoms with E-state index in [0.29, 0.717) is 40.5 Å². The number of benzene rings is 4. The molecule has 4 aromatic carbocycles. The van der Waals surface area contributed by atoms with Crippen molar-refractivity contribution in [3.8, 4) is 22.6 Å². The Morgan fingerprint density at radius 1 is 0.500 bits per heavy atom. The lowest BCUT2D eigenvalue weighted by Crippen LogP contribution is -2.09. The smallest absolute Gasteiger partial charge is 0.343 e. The Hall–Kier alpha value is -2.26. The first-order chi connectivity index (χ1) is 16.3. The second-order valence-corrected chi connectivity index (χ2v) is 10.5. The minimum atomic E-state index is -0.454. The van der Waals surface area contributed by atoms with Crippen LogP contribution in [0.1, 0.15) is 20.7 Å². The third kappa shape index (κ3) is 5.68. The van der Waals surface area contributed by atoms with Crippen LogP contribution in [0.5, 0.6) is 11.5 Å². The van der Waals surface area contributed by atoms with E-state index in [1.54, 1.807) is 48.5 Å². The van der Waals surface area contributed by atoms with Crippen molar-refractivity contribution >= 4 is 75.7 Å². The number of ether oxygens (including phenoxy) is 2. The zero-order valence-corrected chi connectivity index (χ0v) is 23.6. The Bertz CT molecular complexity index is 1220. The maximum Gasteiger partial charge on any atom is 0.343 e. The predicted molar refractivity (Wildman–Crippen MR) is 145 cm³/mol. The highest BCUT2D eigenvalue weighted by Gasteiger charge is 2.18. The Kier molecular flexibility index (Phi) is 8.03. The number of esters is 2. The van der Waals surface area contributed by atoms with E-state index >= 15 is 0 Å². The molecule has 8 heteroatoms. The van der Waals surface area contributed by atoms with Crippen molar-refractivity contribution in [2.45, 2.75) is 0 Å². The van der Waals surface area contributed by atoms with E-state index in [9.17, 15) is 9.59 Å². The van der Waals surface area contributed by atoms with Gasteiger partial charge in [-0.3, -0.25) is 0 Å². The van der Waals surface area contributed by atoms with Crippen molar-refractivity contribution in [1.82, 2.24) is 0 Å². The Morgan fingerprint density at radius 3 is 1.09 bits per heavy atom. The van der Waals surface area contributed by atoms with Crippen LogP contribution < -0.4 is 9.47 Å². The van der Waals surface area contributed by atoms with Gasteiger partial charge in [0.15, 0.2) is 11.5 Å². The zero-order valence-electron chi connectivity index (χ0n) is 17.2. The molecule has 0 N–H and O–H groups in total. The van der Waals surface area contributed by atoms with Gasteiger partial charge in [0, 0.05) is 0 Å². The third-order valence-electron chi connectivity index (χ3n) is 4.74. The van der Waals surface area contributed by atoms with Gasteiger partial charge in [0.05, 0.1) is 29.0 Å². The van der Waals surface area contributed by atoms with E-state index < -0.39 is 11.9 Å². The molecule has 0 unspecified atom stereocenters. The molecule has 0 aromatic heterocycles. The molecular formula is C26H14Br4O4. The molecule has 0 amide bonds. The molecule has 0 aliphatic rings. The van der Waals surface area contributed by atoms with Crippen molar-refractivity contribution in [3.05, 3.63) is 114 Å². The van der Waals surface area contributed by atoms with E-state index in [-0.39, 0.29) is 0 Å². The standard InChI is InChI=1S/C26H14Br4O4/c27-19-11-17(12-20(28)23(19)33-25(31)15-7-3-1-4-8-15)18-13-21(29)24(22(30)14-18)34-26(32)16-9-5-2-6-10-16/h1-14H. The van der Waals surface area contributed by atoms with Crippen LogP contribution in [-0.2, 0) is 0 Å². The highest BCUT2D eigenvalue weighted by Crippen LogP contribution is 2.42. The lowest BCUT2D eigenvalue weighted by molar-refractivity contribution is 0.0722. The maximum atomic E-state index is 12.5. The van der Waals surface area contributed by atoms with Gasteiger partial charge in [-0.15, -0.1) is 0 Å². The van der Waals surface area contributed by atoms with Gasteiger partial charge in [0.1, 0.15) is 0 Å². The van der Waals surface area contributed by atoms with Crippen LogP contribution in [-0.4, -0.2) is 11.9 Å². The molecule has 0 fully saturated rings. The van der Waals surface area contributed by atoms with Crippen LogP contribution in [0.3, 0.4) is 0 Å². The molecule has 0 aliphatic heterocycles. The van der Waals surface area contributed by atoms with Crippen molar-refractivity contribution in [1.29, 1.82) is 0 Å². The SMILES string of the molecule is O=C(Oc1c(Br)cc(-c2cc(Br)c(OC(=O)c3ccccc3)c(Br)c2)cc1Br)c1ccccc1. The van der Waals surface area contributed by atoms with Gasteiger partial charge in [0.2, 0.25) is 0 Å². The van der Waals surface area contributed by atoms with Gasteiger partial charge in [-0.2, -0.15) is 0 Å². The fraction of sp³-hybridized carbons (Fsp3) is 0. The molecule has 0 heterocycles. The van der Waals surface area contributed by atoms with E-state index in [1.165, 1.54) is 0 Å². The summed E-state index contributed by atoms with van der Waals surface area (Å²) in [6, 6.07) is 25.0. The topological polar surface area (TPSA) is 52.6 Å². The lowest BCUT2D eigenvalue weighted by atomic mass is 10.1. The average molecular weight is 710 g/mol. The molecule has 0 saturated carbocycles. The minimum Gasteiger partial charge on any atom is -0.421 e. The molecule has 170 valence electrons. The summed E-state index contributed by atoms with van der Waals surface area (Å²) in [5.74, 6) is -0.150.